The molecule has 0 bridgehead atoms. The summed E-state index contributed by atoms with van der Waals surface area (Å²) in [4.78, 5) is 10.9. The van der Waals surface area contributed by atoms with Crippen LogP contribution in [-0.2, 0) is 4.74 Å². The van der Waals surface area contributed by atoms with Gasteiger partial charge in [-0.3, -0.25) is 0 Å². The molecule has 0 unspecified atom stereocenters. The summed E-state index contributed by atoms with van der Waals surface area (Å²) in [5, 5.41) is 5.28. The van der Waals surface area contributed by atoms with Gasteiger partial charge >= 0.3 is 6.03 Å². The second kappa shape index (κ2) is 8.29. The third kappa shape index (κ3) is 7.30. The second-order valence-electron chi connectivity index (χ2n) is 2.32. The molecule has 0 aromatic rings. The molecule has 0 aliphatic rings. The zero-order chi connectivity index (χ0) is 9.23. The number of ether oxygens (including phenoxy) is 1. The number of hydrogen-bond acceptors (Lipinski definition) is 3. The molecule has 0 spiro atoms. The van der Waals surface area contributed by atoms with Gasteiger partial charge in [-0.25, -0.2) is 4.79 Å². The molecular formula is C7H17N3O2. The number of amides is 2. The Balaban J connectivity index is 3.10. The molecule has 5 nitrogen and oxygen atoms in total. The quantitative estimate of drug-likeness (QED) is 0.466. The van der Waals surface area contributed by atoms with Crippen molar-refractivity contribution in [1.82, 2.24) is 10.6 Å². The molecule has 5 heteroatoms. The maximum absolute atomic E-state index is 10.9. The number of urea groups is 1. The first kappa shape index (κ1) is 11.2. The van der Waals surface area contributed by atoms with Crippen molar-refractivity contribution in [2.45, 2.75) is 6.42 Å². The van der Waals surface area contributed by atoms with Gasteiger partial charge in [0.2, 0.25) is 0 Å². The van der Waals surface area contributed by atoms with Gasteiger partial charge in [-0.05, 0) is 13.0 Å². The highest BCUT2D eigenvalue weighted by Crippen LogP contribution is 1.71. The summed E-state index contributed by atoms with van der Waals surface area (Å²) < 4.78 is 4.76. The molecule has 0 aromatic carbocycles. The topological polar surface area (TPSA) is 76.4 Å². The van der Waals surface area contributed by atoms with Crippen LogP contribution >= 0.6 is 0 Å². The zero-order valence-electron chi connectivity index (χ0n) is 7.43. The fourth-order valence-electron chi connectivity index (χ4n) is 0.633. The summed E-state index contributed by atoms with van der Waals surface area (Å²) in [6.45, 7) is 2.28. The van der Waals surface area contributed by atoms with Gasteiger partial charge in [0.05, 0.1) is 6.61 Å². The Hall–Kier alpha value is -0.810. The van der Waals surface area contributed by atoms with Gasteiger partial charge in [0, 0.05) is 20.2 Å². The standard InChI is InChI=1S/C7H17N3O2/c1-12-6-5-10-7(11)9-4-2-3-8/h2-6,8H2,1H3,(H2,9,10,11). The van der Waals surface area contributed by atoms with Crippen LogP contribution in [0.4, 0.5) is 4.79 Å². The largest absolute Gasteiger partial charge is 0.383 e. The number of rotatable bonds is 6. The van der Waals surface area contributed by atoms with Crippen LogP contribution in [0.2, 0.25) is 0 Å². The Morgan fingerprint density at radius 1 is 1.42 bits per heavy atom. The van der Waals surface area contributed by atoms with Crippen molar-refractivity contribution in [2.24, 2.45) is 5.73 Å². The molecule has 0 rings (SSSR count). The Bertz CT molecular complexity index is 107. The number of nitrogens with one attached hydrogen (secondary N) is 2. The maximum atomic E-state index is 10.9. The van der Waals surface area contributed by atoms with E-state index in [-0.39, 0.29) is 6.03 Å². The molecule has 0 aliphatic heterocycles. The fourth-order valence-corrected chi connectivity index (χ4v) is 0.633. The summed E-state index contributed by atoms with van der Waals surface area (Å²) in [5.41, 5.74) is 5.24. The molecule has 0 radical (unpaired) electrons. The van der Waals surface area contributed by atoms with E-state index >= 15 is 0 Å². The Kier molecular flexibility index (Phi) is 7.73. The van der Waals surface area contributed by atoms with Crippen molar-refractivity contribution in [3.05, 3.63) is 0 Å². The molecule has 0 saturated carbocycles. The van der Waals surface area contributed by atoms with Crippen LogP contribution in [0.15, 0.2) is 0 Å². The molecule has 0 aromatic heterocycles. The number of carbonyl (C=O) groups is 1. The van der Waals surface area contributed by atoms with Crippen LogP contribution in [0.25, 0.3) is 0 Å². The van der Waals surface area contributed by atoms with Crippen molar-refractivity contribution >= 4 is 6.03 Å². The fraction of sp³-hybridized carbons (Fsp3) is 0.857. The summed E-state index contributed by atoms with van der Waals surface area (Å²) in [5.74, 6) is 0. The van der Waals surface area contributed by atoms with E-state index in [1.807, 2.05) is 0 Å². The third-order valence-electron chi connectivity index (χ3n) is 1.26. The maximum Gasteiger partial charge on any atom is 0.314 e. The van der Waals surface area contributed by atoms with E-state index in [0.29, 0.717) is 26.2 Å². The smallest absolute Gasteiger partial charge is 0.314 e. The van der Waals surface area contributed by atoms with Crippen LogP contribution < -0.4 is 16.4 Å². The summed E-state index contributed by atoms with van der Waals surface area (Å²) in [6.07, 6.45) is 0.803. The van der Waals surface area contributed by atoms with Gasteiger partial charge in [0.25, 0.3) is 0 Å². The predicted molar refractivity (Wildman–Crippen MR) is 46.9 cm³/mol. The van der Waals surface area contributed by atoms with Crippen LogP contribution in [-0.4, -0.2) is 39.4 Å². The highest BCUT2D eigenvalue weighted by Gasteiger charge is 1.95. The molecule has 0 atom stereocenters. The average molecular weight is 175 g/mol. The number of methoxy groups -OCH3 is 1. The summed E-state index contributed by atoms with van der Waals surface area (Å²) in [6, 6.07) is -0.166. The lowest BCUT2D eigenvalue weighted by Gasteiger charge is -2.05. The number of hydrogen-bond donors (Lipinski definition) is 3. The van der Waals surface area contributed by atoms with Crippen molar-refractivity contribution in [1.29, 1.82) is 0 Å². The van der Waals surface area contributed by atoms with Gasteiger partial charge in [0.15, 0.2) is 0 Å². The van der Waals surface area contributed by atoms with Crippen LogP contribution in [0.5, 0.6) is 0 Å². The van der Waals surface area contributed by atoms with Gasteiger partial charge in [-0.1, -0.05) is 0 Å². The normalized spacial score (nSPS) is 9.50. The van der Waals surface area contributed by atoms with Crippen LogP contribution in [0.3, 0.4) is 0 Å². The van der Waals surface area contributed by atoms with E-state index in [1.165, 1.54) is 0 Å². The molecule has 12 heavy (non-hydrogen) atoms. The van der Waals surface area contributed by atoms with Crippen molar-refractivity contribution in [2.75, 3.05) is 33.4 Å². The van der Waals surface area contributed by atoms with Crippen molar-refractivity contribution in [3.8, 4) is 0 Å². The number of nitrogens with two attached hydrogens (primary N) is 1. The van der Waals surface area contributed by atoms with E-state index < -0.39 is 0 Å². The second-order valence-corrected chi connectivity index (χ2v) is 2.32. The Labute approximate surface area is 72.6 Å². The molecule has 0 aliphatic carbocycles. The highest BCUT2D eigenvalue weighted by atomic mass is 16.5. The Morgan fingerprint density at radius 2 is 2.08 bits per heavy atom. The first-order valence-electron chi connectivity index (χ1n) is 4.02. The third-order valence-corrected chi connectivity index (χ3v) is 1.26. The van der Waals surface area contributed by atoms with Gasteiger partial charge in [0.1, 0.15) is 0 Å². The predicted octanol–water partition coefficient (Wildman–Crippen LogP) is -0.719. The highest BCUT2D eigenvalue weighted by molar-refractivity contribution is 5.73. The van der Waals surface area contributed by atoms with Gasteiger partial charge < -0.3 is 21.1 Å². The minimum atomic E-state index is -0.166. The van der Waals surface area contributed by atoms with E-state index in [1.54, 1.807) is 7.11 Å². The van der Waals surface area contributed by atoms with Gasteiger partial charge in [-0.2, -0.15) is 0 Å². The Morgan fingerprint density at radius 3 is 2.67 bits per heavy atom. The van der Waals surface area contributed by atoms with E-state index in [9.17, 15) is 4.79 Å². The summed E-state index contributed by atoms with van der Waals surface area (Å²) >= 11 is 0. The zero-order valence-corrected chi connectivity index (χ0v) is 7.43. The lowest BCUT2D eigenvalue weighted by Crippen LogP contribution is -2.38. The van der Waals surface area contributed by atoms with Crippen molar-refractivity contribution in [3.63, 3.8) is 0 Å². The monoisotopic (exact) mass is 175 g/mol. The lowest BCUT2D eigenvalue weighted by molar-refractivity contribution is 0.196. The van der Waals surface area contributed by atoms with Crippen molar-refractivity contribution < 1.29 is 9.53 Å². The first-order chi connectivity index (χ1) is 5.81. The van der Waals surface area contributed by atoms with E-state index in [4.69, 9.17) is 10.5 Å². The minimum absolute atomic E-state index is 0.166. The molecule has 0 fully saturated rings. The lowest BCUT2D eigenvalue weighted by atomic mass is 10.4. The average Bonchev–Trinajstić information content (AvgIpc) is 2.06. The summed E-state index contributed by atoms with van der Waals surface area (Å²) in [7, 11) is 1.59. The minimum Gasteiger partial charge on any atom is -0.383 e. The SMILES string of the molecule is COCCNC(=O)NCCCN. The van der Waals surface area contributed by atoms with E-state index in [0.717, 1.165) is 6.42 Å². The molecular weight excluding hydrogens is 158 g/mol. The molecule has 72 valence electrons. The van der Waals surface area contributed by atoms with Gasteiger partial charge in [-0.15, -0.1) is 0 Å². The van der Waals surface area contributed by atoms with E-state index in [2.05, 4.69) is 10.6 Å². The first-order valence-corrected chi connectivity index (χ1v) is 4.02. The van der Waals surface area contributed by atoms with Crippen LogP contribution in [0.1, 0.15) is 6.42 Å². The molecule has 2 amide bonds. The molecule has 0 saturated heterocycles. The number of carbonyl (C=O) groups excluding carboxylic acids is 1. The molecule has 4 N–H and O–H groups in total. The molecule has 0 heterocycles. The van der Waals surface area contributed by atoms with Crippen LogP contribution in [0, 0.1) is 0 Å².